The molecule has 7 nitrogen and oxygen atoms in total. The van der Waals surface area contributed by atoms with Gasteiger partial charge in [0.25, 0.3) is 0 Å². The van der Waals surface area contributed by atoms with Crippen molar-refractivity contribution in [3.8, 4) is 0 Å². The van der Waals surface area contributed by atoms with E-state index < -0.39 is 15.6 Å². The summed E-state index contributed by atoms with van der Waals surface area (Å²) in [5.41, 5.74) is 1.13. The van der Waals surface area contributed by atoms with Gasteiger partial charge in [0.05, 0.1) is 17.0 Å². The number of aliphatic hydroxyl groups excluding tert-OH is 1. The minimum atomic E-state index is -3.78. The van der Waals surface area contributed by atoms with Gasteiger partial charge in [-0.2, -0.15) is 0 Å². The standard InChI is InChI=1S/C16H21ClN4O3S/c1-10-11(2)18-15(17)20-14(10)19-12-6-5-7-13(8-12)25(23,24)21-16(3,4)9-22/h5-8,21-22H,9H2,1-4H3,(H,18,19,20). The van der Waals surface area contributed by atoms with E-state index in [-0.39, 0.29) is 16.8 Å². The summed E-state index contributed by atoms with van der Waals surface area (Å²) in [4.78, 5) is 8.28. The van der Waals surface area contributed by atoms with Crippen LogP contribution in [-0.4, -0.2) is 35.6 Å². The lowest BCUT2D eigenvalue weighted by molar-refractivity contribution is 0.208. The van der Waals surface area contributed by atoms with Crippen LogP contribution in [0.4, 0.5) is 11.5 Å². The molecule has 25 heavy (non-hydrogen) atoms. The molecule has 0 bridgehead atoms. The van der Waals surface area contributed by atoms with Crippen molar-refractivity contribution in [2.75, 3.05) is 11.9 Å². The second-order valence-corrected chi connectivity index (χ2v) is 8.37. The number of aryl methyl sites for hydroxylation is 1. The third kappa shape index (κ3) is 4.88. The van der Waals surface area contributed by atoms with Gasteiger partial charge < -0.3 is 10.4 Å². The van der Waals surface area contributed by atoms with Gasteiger partial charge >= 0.3 is 0 Å². The Bertz CT molecular complexity index is 885. The summed E-state index contributed by atoms with van der Waals surface area (Å²) < 4.78 is 27.4. The van der Waals surface area contributed by atoms with Crippen LogP contribution in [0.15, 0.2) is 29.2 Å². The predicted molar refractivity (Wildman–Crippen MR) is 97.7 cm³/mol. The Hall–Kier alpha value is -1.74. The summed E-state index contributed by atoms with van der Waals surface area (Å²) in [5.74, 6) is 0.510. The van der Waals surface area contributed by atoms with E-state index in [2.05, 4.69) is 20.0 Å². The molecule has 1 aromatic heterocycles. The maximum Gasteiger partial charge on any atom is 0.241 e. The fourth-order valence-electron chi connectivity index (χ4n) is 2.05. The maximum absolute atomic E-state index is 12.5. The number of aliphatic hydroxyl groups is 1. The molecular weight excluding hydrogens is 364 g/mol. The molecule has 0 fully saturated rings. The number of anilines is 2. The highest BCUT2D eigenvalue weighted by atomic mass is 35.5. The molecule has 0 aliphatic rings. The molecule has 0 aliphatic heterocycles. The van der Waals surface area contributed by atoms with Crippen molar-refractivity contribution in [1.82, 2.24) is 14.7 Å². The second-order valence-electron chi connectivity index (χ2n) is 6.35. The number of halogens is 1. The first-order valence-corrected chi connectivity index (χ1v) is 9.43. The van der Waals surface area contributed by atoms with Crippen LogP contribution in [0.3, 0.4) is 0 Å². The van der Waals surface area contributed by atoms with Crippen LogP contribution in [0, 0.1) is 13.8 Å². The summed E-state index contributed by atoms with van der Waals surface area (Å²) >= 11 is 5.89. The summed E-state index contributed by atoms with van der Waals surface area (Å²) in [7, 11) is -3.78. The second kappa shape index (κ2) is 7.25. The number of nitrogens with zero attached hydrogens (tertiary/aromatic N) is 2. The van der Waals surface area contributed by atoms with E-state index in [1.54, 1.807) is 26.0 Å². The number of sulfonamides is 1. The lowest BCUT2D eigenvalue weighted by atomic mass is 10.1. The molecule has 9 heteroatoms. The van der Waals surface area contributed by atoms with Crippen LogP contribution >= 0.6 is 11.6 Å². The monoisotopic (exact) mass is 384 g/mol. The Balaban J connectivity index is 2.34. The summed E-state index contributed by atoms with van der Waals surface area (Å²) in [6, 6.07) is 6.31. The van der Waals surface area contributed by atoms with Gasteiger partial charge in [0.2, 0.25) is 15.3 Å². The van der Waals surface area contributed by atoms with Crippen molar-refractivity contribution >= 4 is 33.1 Å². The topological polar surface area (TPSA) is 104 Å². The molecule has 0 aliphatic carbocycles. The minimum Gasteiger partial charge on any atom is -0.394 e. The van der Waals surface area contributed by atoms with Crippen molar-refractivity contribution in [2.24, 2.45) is 0 Å². The van der Waals surface area contributed by atoms with E-state index in [0.29, 0.717) is 11.5 Å². The number of hydrogen-bond acceptors (Lipinski definition) is 6. The van der Waals surface area contributed by atoms with Gasteiger partial charge in [-0.05, 0) is 57.5 Å². The van der Waals surface area contributed by atoms with Gasteiger partial charge in [0, 0.05) is 16.9 Å². The molecule has 1 aromatic carbocycles. The fraction of sp³-hybridized carbons (Fsp3) is 0.375. The SMILES string of the molecule is Cc1nc(Cl)nc(Nc2cccc(S(=O)(=O)NC(C)(C)CO)c2)c1C. The van der Waals surface area contributed by atoms with E-state index in [4.69, 9.17) is 11.6 Å². The van der Waals surface area contributed by atoms with Crippen molar-refractivity contribution in [3.05, 3.63) is 40.8 Å². The Morgan fingerprint density at radius 3 is 2.56 bits per heavy atom. The zero-order chi connectivity index (χ0) is 18.8. The van der Waals surface area contributed by atoms with E-state index in [0.717, 1.165) is 11.3 Å². The fourth-order valence-corrected chi connectivity index (χ4v) is 3.71. The zero-order valence-corrected chi connectivity index (χ0v) is 16.0. The van der Waals surface area contributed by atoms with Gasteiger partial charge in [-0.3, -0.25) is 0 Å². The van der Waals surface area contributed by atoms with Crippen LogP contribution in [-0.2, 0) is 10.0 Å². The molecule has 0 saturated carbocycles. The quantitative estimate of drug-likeness (QED) is 0.661. The van der Waals surface area contributed by atoms with Crippen molar-refractivity contribution in [1.29, 1.82) is 0 Å². The third-order valence-electron chi connectivity index (χ3n) is 3.57. The van der Waals surface area contributed by atoms with Crippen LogP contribution in [0.2, 0.25) is 5.28 Å². The van der Waals surface area contributed by atoms with Gasteiger partial charge in [-0.1, -0.05) is 6.07 Å². The lowest BCUT2D eigenvalue weighted by Gasteiger charge is -2.23. The average molecular weight is 385 g/mol. The molecule has 136 valence electrons. The number of hydrogen-bond donors (Lipinski definition) is 3. The summed E-state index contributed by atoms with van der Waals surface area (Å²) in [6.45, 7) is 6.54. The maximum atomic E-state index is 12.5. The molecule has 0 radical (unpaired) electrons. The number of rotatable bonds is 6. The Morgan fingerprint density at radius 1 is 1.24 bits per heavy atom. The molecular formula is C16H21ClN4O3S. The normalized spacial score (nSPS) is 12.2. The highest BCUT2D eigenvalue weighted by Crippen LogP contribution is 2.24. The summed E-state index contributed by atoms with van der Waals surface area (Å²) in [5, 5.41) is 12.4. The van der Waals surface area contributed by atoms with E-state index in [1.807, 2.05) is 13.8 Å². The van der Waals surface area contributed by atoms with Crippen LogP contribution < -0.4 is 10.0 Å². The average Bonchev–Trinajstić information content (AvgIpc) is 2.51. The summed E-state index contributed by atoms with van der Waals surface area (Å²) in [6.07, 6.45) is 0. The molecule has 0 amide bonds. The van der Waals surface area contributed by atoms with Crippen molar-refractivity contribution < 1.29 is 13.5 Å². The molecule has 3 N–H and O–H groups in total. The third-order valence-corrected chi connectivity index (χ3v) is 5.44. The molecule has 1 heterocycles. The zero-order valence-electron chi connectivity index (χ0n) is 14.5. The van der Waals surface area contributed by atoms with E-state index >= 15 is 0 Å². The van der Waals surface area contributed by atoms with E-state index in [9.17, 15) is 13.5 Å². The number of benzene rings is 1. The molecule has 0 saturated heterocycles. The predicted octanol–water partition coefficient (Wildman–Crippen LogP) is 2.54. The minimum absolute atomic E-state index is 0.0774. The van der Waals surface area contributed by atoms with Crippen LogP contribution in [0.1, 0.15) is 25.1 Å². The van der Waals surface area contributed by atoms with Crippen LogP contribution in [0.5, 0.6) is 0 Å². The van der Waals surface area contributed by atoms with Gasteiger partial charge in [-0.25, -0.2) is 23.1 Å². The molecule has 0 unspecified atom stereocenters. The first kappa shape index (κ1) is 19.6. The largest absolute Gasteiger partial charge is 0.394 e. The van der Waals surface area contributed by atoms with Gasteiger partial charge in [-0.15, -0.1) is 0 Å². The first-order chi connectivity index (χ1) is 11.5. The highest BCUT2D eigenvalue weighted by Gasteiger charge is 2.25. The first-order valence-electron chi connectivity index (χ1n) is 7.57. The Morgan fingerprint density at radius 2 is 1.92 bits per heavy atom. The number of aromatic nitrogens is 2. The Kier molecular flexibility index (Phi) is 5.68. The Labute approximate surface area is 152 Å². The molecule has 2 aromatic rings. The highest BCUT2D eigenvalue weighted by molar-refractivity contribution is 7.89. The smallest absolute Gasteiger partial charge is 0.241 e. The number of nitrogens with one attached hydrogen (secondary N) is 2. The van der Waals surface area contributed by atoms with Crippen molar-refractivity contribution in [2.45, 2.75) is 38.1 Å². The van der Waals surface area contributed by atoms with Crippen molar-refractivity contribution in [3.63, 3.8) is 0 Å². The molecule has 0 spiro atoms. The van der Waals surface area contributed by atoms with Crippen LogP contribution in [0.25, 0.3) is 0 Å². The molecule has 0 atom stereocenters. The molecule has 2 rings (SSSR count). The van der Waals surface area contributed by atoms with Gasteiger partial charge in [0.15, 0.2) is 0 Å². The van der Waals surface area contributed by atoms with E-state index in [1.165, 1.54) is 12.1 Å². The lowest BCUT2D eigenvalue weighted by Crippen LogP contribution is -2.46. The van der Waals surface area contributed by atoms with Gasteiger partial charge in [0.1, 0.15) is 5.82 Å².